The molecular formula is C34H22O2. The molecule has 0 fully saturated rings. The molecule has 6 rings (SSSR count). The van der Waals surface area contributed by atoms with E-state index in [0.29, 0.717) is 22.3 Å². The van der Waals surface area contributed by atoms with Gasteiger partial charge in [-0.3, -0.25) is 9.59 Å². The average Bonchev–Trinajstić information content (AvgIpc) is 2.95. The third-order valence-electron chi connectivity index (χ3n) is 6.67. The molecule has 2 nitrogen and oxygen atoms in total. The molecular weight excluding hydrogens is 440 g/mol. The van der Waals surface area contributed by atoms with Crippen LogP contribution < -0.4 is 0 Å². The minimum atomic E-state index is 0.0291. The first kappa shape index (κ1) is 21.7. The van der Waals surface area contributed by atoms with Crippen LogP contribution in [-0.2, 0) is 0 Å². The van der Waals surface area contributed by atoms with E-state index < -0.39 is 0 Å². The van der Waals surface area contributed by atoms with Crippen molar-refractivity contribution in [2.75, 3.05) is 0 Å². The third-order valence-corrected chi connectivity index (χ3v) is 6.67. The maximum absolute atomic E-state index is 13.3. The monoisotopic (exact) mass is 462 g/mol. The minimum Gasteiger partial charge on any atom is -0.289 e. The molecule has 0 aromatic heterocycles. The number of allylic oxidation sites excluding steroid dienone is 8. The van der Waals surface area contributed by atoms with Crippen molar-refractivity contribution in [2.24, 2.45) is 0 Å². The molecule has 0 saturated heterocycles. The van der Waals surface area contributed by atoms with Crippen LogP contribution in [0, 0.1) is 0 Å². The van der Waals surface area contributed by atoms with Gasteiger partial charge in [-0.15, -0.1) is 0 Å². The molecule has 0 aliphatic heterocycles. The molecule has 170 valence electrons. The zero-order valence-electron chi connectivity index (χ0n) is 19.5. The molecule has 0 spiro atoms. The zero-order chi connectivity index (χ0) is 24.5. The lowest BCUT2D eigenvalue weighted by atomic mass is 9.82. The van der Waals surface area contributed by atoms with Crippen LogP contribution >= 0.6 is 0 Å². The summed E-state index contributed by atoms with van der Waals surface area (Å²) in [6.45, 7) is 0. The Balaban J connectivity index is 1.52. The van der Waals surface area contributed by atoms with Crippen LogP contribution in [0.4, 0.5) is 0 Å². The van der Waals surface area contributed by atoms with E-state index in [1.54, 1.807) is 0 Å². The van der Waals surface area contributed by atoms with E-state index in [2.05, 4.69) is 12.2 Å². The largest absolute Gasteiger partial charge is 0.289 e. The molecule has 4 aromatic rings. The molecule has 0 atom stereocenters. The van der Waals surface area contributed by atoms with Gasteiger partial charge >= 0.3 is 0 Å². The van der Waals surface area contributed by atoms with Gasteiger partial charge in [-0.25, -0.2) is 0 Å². The van der Waals surface area contributed by atoms with Crippen molar-refractivity contribution in [3.63, 3.8) is 0 Å². The van der Waals surface area contributed by atoms with Crippen molar-refractivity contribution < 1.29 is 9.59 Å². The molecule has 2 heteroatoms. The van der Waals surface area contributed by atoms with Crippen molar-refractivity contribution in [2.45, 2.75) is 0 Å². The summed E-state index contributed by atoms with van der Waals surface area (Å²) in [6, 6.07) is 35.0. The van der Waals surface area contributed by atoms with Gasteiger partial charge in [0, 0.05) is 22.3 Å². The van der Waals surface area contributed by atoms with Crippen molar-refractivity contribution >= 4 is 33.9 Å². The van der Waals surface area contributed by atoms with Gasteiger partial charge in [0.05, 0.1) is 0 Å². The summed E-state index contributed by atoms with van der Waals surface area (Å²) in [4.78, 5) is 26.6. The smallest absolute Gasteiger partial charge is 0.194 e. The summed E-state index contributed by atoms with van der Waals surface area (Å²) in [6.07, 6.45) is 8.04. The normalized spacial score (nSPS) is 16.9. The van der Waals surface area contributed by atoms with Crippen molar-refractivity contribution in [1.82, 2.24) is 0 Å². The number of ketones is 2. The number of carbonyl (C=O) groups is 2. The highest BCUT2D eigenvalue weighted by molar-refractivity contribution is 6.35. The number of rotatable bonds is 3. The maximum atomic E-state index is 13.3. The lowest BCUT2D eigenvalue weighted by Crippen LogP contribution is -2.11. The molecule has 0 unspecified atom stereocenters. The Hall–Kier alpha value is -4.82. The van der Waals surface area contributed by atoms with Crippen molar-refractivity contribution in [3.05, 3.63) is 167 Å². The van der Waals surface area contributed by atoms with E-state index in [0.717, 1.165) is 33.4 Å². The lowest BCUT2D eigenvalue weighted by Gasteiger charge is -2.20. The van der Waals surface area contributed by atoms with Crippen LogP contribution in [0.3, 0.4) is 0 Å². The van der Waals surface area contributed by atoms with E-state index in [1.807, 2.05) is 121 Å². The van der Waals surface area contributed by atoms with Crippen LogP contribution in [0.2, 0.25) is 0 Å². The second-order valence-corrected chi connectivity index (χ2v) is 8.84. The summed E-state index contributed by atoms with van der Waals surface area (Å²) >= 11 is 0. The minimum absolute atomic E-state index is 0.0291. The molecule has 4 aromatic carbocycles. The second-order valence-electron chi connectivity index (χ2n) is 8.84. The quantitative estimate of drug-likeness (QED) is 0.312. The van der Waals surface area contributed by atoms with Gasteiger partial charge in [-0.2, -0.15) is 0 Å². The van der Waals surface area contributed by atoms with Crippen LogP contribution in [0.25, 0.3) is 22.3 Å². The summed E-state index contributed by atoms with van der Waals surface area (Å²) in [5, 5.41) is 0. The highest BCUT2D eigenvalue weighted by Gasteiger charge is 2.25. The number of fused-ring (bicyclic) bond motifs is 2. The molecule has 0 bridgehead atoms. The van der Waals surface area contributed by atoms with Gasteiger partial charge in [-0.05, 0) is 45.6 Å². The number of hydrogen-bond donors (Lipinski definition) is 0. The van der Waals surface area contributed by atoms with E-state index in [4.69, 9.17) is 0 Å². The van der Waals surface area contributed by atoms with Crippen LogP contribution in [-0.4, -0.2) is 11.6 Å². The molecule has 0 amide bonds. The van der Waals surface area contributed by atoms with Gasteiger partial charge in [0.15, 0.2) is 11.6 Å². The number of hydrogen-bond acceptors (Lipinski definition) is 2. The first-order valence-corrected chi connectivity index (χ1v) is 11.9. The number of benzene rings is 4. The van der Waals surface area contributed by atoms with Gasteiger partial charge < -0.3 is 0 Å². The van der Waals surface area contributed by atoms with Crippen LogP contribution in [0.15, 0.2) is 133 Å². The van der Waals surface area contributed by atoms with Gasteiger partial charge in [0.1, 0.15) is 0 Å². The van der Waals surface area contributed by atoms with Crippen molar-refractivity contribution in [3.8, 4) is 0 Å². The van der Waals surface area contributed by atoms with E-state index in [9.17, 15) is 9.59 Å². The predicted molar refractivity (Wildman–Crippen MR) is 146 cm³/mol. The second kappa shape index (κ2) is 9.09. The third kappa shape index (κ3) is 3.79. The molecule has 0 radical (unpaired) electrons. The molecule has 2 aliphatic carbocycles. The van der Waals surface area contributed by atoms with E-state index in [-0.39, 0.29) is 11.6 Å². The molecule has 0 N–H and O–H groups in total. The SMILES string of the molecule is O=C1C(c2ccccc2)=C/C(=C/C=C2/C=C(c3ccccc3)C(=O)c3ccccc32)c2ccccc21. The Morgan fingerprint density at radius 2 is 0.722 bits per heavy atom. The summed E-state index contributed by atoms with van der Waals surface area (Å²) in [7, 11) is 0. The topological polar surface area (TPSA) is 34.1 Å². The Kier molecular flexibility index (Phi) is 5.48. The number of carbonyl (C=O) groups excluding carboxylic acids is 2. The first-order valence-electron chi connectivity index (χ1n) is 11.9. The summed E-state index contributed by atoms with van der Waals surface area (Å²) in [5.74, 6) is 0.0583. The van der Waals surface area contributed by atoms with Crippen LogP contribution in [0.1, 0.15) is 43.0 Å². The number of Topliss-reactive ketones (excluding diaryl/α,β-unsaturated/α-hetero) is 2. The van der Waals surface area contributed by atoms with E-state index in [1.165, 1.54) is 0 Å². The van der Waals surface area contributed by atoms with Gasteiger partial charge in [0.2, 0.25) is 0 Å². The fraction of sp³-hybridized carbons (Fsp3) is 0. The Labute approximate surface area is 210 Å². The molecule has 0 saturated carbocycles. The maximum Gasteiger partial charge on any atom is 0.194 e. The first-order chi connectivity index (χ1) is 17.7. The highest BCUT2D eigenvalue weighted by atomic mass is 16.1. The highest BCUT2D eigenvalue weighted by Crippen LogP contribution is 2.36. The fourth-order valence-electron chi connectivity index (χ4n) is 4.87. The average molecular weight is 463 g/mol. The Bertz CT molecular complexity index is 1510. The molecule has 0 heterocycles. The molecule has 2 aliphatic rings. The summed E-state index contributed by atoms with van der Waals surface area (Å²) < 4.78 is 0. The Morgan fingerprint density at radius 3 is 1.11 bits per heavy atom. The van der Waals surface area contributed by atoms with Gasteiger partial charge in [0.25, 0.3) is 0 Å². The lowest BCUT2D eigenvalue weighted by molar-refractivity contribution is 0.104. The predicted octanol–water partition coefficient (Wildman–Crippen LogP) is 7.71. The summed E-state index contributed by atoms with van der Waals surface area (Å²) in [5.41, 5.74) is 8.29. The van der Waals surface area contributed by atoms with Gasteiger partial charge in [-0.1, -0.05) is 121 Å². The Morgan fingerprint density at radius 1 is 0.389 bits per heavy atom. The van der Waals surface area contributed by atoms with Crippen molar-refractivity contribution in [1.29, 1.82) is 0 Å². The standard InChI is InChI=1S/C34H22O2/c35-33-29-17-9-7-15-27(29)25(21-31(33)23-11-3-1-4-12-23)19-20-26-22-32(24-13-5-2-6-14-24)34(36)30-18-10-8-16-28(26)30/h1-22H/b25-19-,26-20-. The van der Waals surface area contributed by atoms with E-state index >= 15 is 0 Å². The fourth-order valence-corrected chi connectivity index (χ4v) is 4.87. The molecule has 36 heavy (non-hydrogen) atoms. The zero-order valence-corrected chi connectivity index (χ0v) is 19.5. The van der Waals surface area contributed by atoms with Crippen LogP contribution in [0.5, 0.6) is 0 Å².